The molecule has 132 valence electrons. The average molecular weight is 377 g/mol. The fourth-order valence-electron chi connectivity index (χ4n) is 2.70. The van der Waals surface area contributed by atoms with Crippen molar-refractivity contribution in [1.82, 2.24) is 19.5 Å². The Kier molecular flexibility index (Phi) is 5.06. The van der Waals surface area contributed by atoms with Crippen LogP contribution in [0.4, 0.5) is 5.95 Å². The molecule has 0 bridgehead atoms. The largest absolute Gasteiger partial charge is 0.394 e. The number of H-pyrrole nitrogens is 1. The number of methoxy groups -OCH3 is 1. The van der Waals surface area contributed by atoms with E-state index in [4.69, 9.17) is 19.7 Å². The monoisotopic (exact) mass is 377 g/mol. The zero-order valence-electron chi connectivity index (χ0n) is 12.4. The van der Waals surface area contributed by atoms with Crippen LogP contribution < -0.4 is 11.3 Å². The van der Waals surface area contributed by atoms with Crippen LogP contribution in [-0.4, -0.2) is 61.5 Å². The Bertz CT molecular complexity index is 784. The van der Waals surface area contributed by atoms with Crippen LogP contribution in [0.15, 0.2) is 11.1 Å². The van der Waals surface area contributed by atoms with Crippen LogP contribution in [-0.2, 0) is 14.0 Å². The van der Waals surface area contributed by atoms with E-state index in [1.54, 1.807) is 0 Å². The maximum absolute atomic E-state index is 11.9. The second-order valence-electron chi connectivity index (χ2n) is 5.05. The van der Waals surface area contributed by atoms with Crippen molar-refractivity contribution in [3.8, 4) is 0 Å². The number of anilines is 1. The Morgan fingerprint density at radius 2 is 2.33 bits per heavy atom. The number of nitrogen functional groups attached to an aromatic ring is 1. The smallest absolute Gasteiger partial charge is 0.280 e. The molecule has 1 fully saturated rings. The average Bonchev–Trinajstić information content (AvgIpc) is 3.07. The topological polar surface area (TPSA) is 158 Å². The summed E-state index contributed by atoms with van der Waals surface area (Å²) in [4.78, 5) is 31.7. The van der Waals surface area contributed by atoms with Gasteiger partial charge in [0, 0.05) is 7.11 Å². The first-order valence-electron chi connectivity index (χ1n) is 6.82. The number of hydrogen-bond donors (Lipinski definition) is 5. The number of ether oxygens (including phenoxy) is 2. The molecule has 13 heteroatoms. The van der Waals surface area contributed by atoms with Crippen LogP contribution in [0.5, 0.6) is 0 Å². The van der Waals surface area contributed by atoms with E-state index >= 15 is 0 Å². The van der Waals surface area contributed by atoms with E-state index < -0.39 is 37.7 Å². The van der Waals surface area contributed by atoms with Crippen LogP contribution in [0, 0.1) is 0 Å². The molecule has 1 saturated heterocycles. The van der Waals surface area contributed by atoms with Gasteiger partial charge in [0.05, 0.1) is 12.9 Å². The fourth-order valence-corrected chi connectivity index (χ4v) is 3.50. The molecule has 11 nitrogen and oxygen atoms in total. The molecule has 5 unspecified atom stereocenters. The van der Waals surface area contributed by atoms with Crippen molar-refractivity contribution in [3.63, 3.8) is 0 Å². The lowest BCUT2D eigenvalue weighted by Crippen LogP contribution is -2.36. The quantitative estimate of drug-likeness (QED) is 0.330. The van der Waals surface area contributed by atoms with E-state index in [0.717, 1.165) is 0 Å². The lowest BCUT2D eigenvalue weighted by Gasteiger charge is -2.23. The number of nitrogens with two attached hydrogens (primary N) is 1. The minimum absolute atomic E-state index is 0.0676. The summed E-state index contributed by atoms with van der Waals surface area (Å²) in [5.41, 5.74) is 5.39. The molecule has 0 radical (unpaired) electrons. The van der Waals surface area contributed by atoms with Crippen molar-refractivity contribution < 1.29 is 24.0 Å². The van der Waals surface area contributed by atoms with Gasteiger partial charge >= 0.3 is 0 Å². The van der Waals surface area contributed by atoms with Crippen LogP contribution in [0.2, 0.25) is 0 Å². The van der Waals surface area contributed by atoms with Gasteiger partial charge in [0.2, 0.25) is 13.5 Å². The third-order valence-corrected chi connectivity index (χ3v) is 4.39. The summed E-state index contributed by atoms with van der Waals surface area (Å²) in [6.07, 6.45) is -1.66. The molecule has 24 heavy (non-hydrogen) atoms. The fraction of sp³-hybridized carbons (Fsp3) is 0.545. The summed E-state index contributed by atoms with van der Waals surface area (Å²) < 4.78 is 18.0. The molecule has 0 amide bonds. The SMILES string of the molecule is COC1C(OP(O)S)C(CO)OC1n1cnc2c(=O)[nH]c(N)nc21. The highest BCUT2D eigenvalue weighted by molar-refractivity contribution is 8.41. The molecule has 0 saturated carbocycles. The summed E-state index contributed by atoms with van der Waals surface area (Å²) in [7, 11) is -0.556. The number of imidazole rings is 1. The Morgan fingerprint density at radius 1 is 1.58 bits per heavy atom. The van der Waals surface area contributed by atoms with Crippen LogP contribution in [0.1, 0.15) is 6.23 Å². The number of thiol groups is 1. The van der Waals surface area contributed by atoms with Crippen molar-refractivity contribution >= 4 is 36.9 Å². The Morgan fingerprint density at radius 3 is 2.96 bits per heavy atom. The third kappa shape index (κ3) is 3.02. The number of hydrogen-bond acceptors (Lipinski definition) is 10. The summed E-state index contributed by atoms with van der Waals surface area (Å²) in [5.74, 6) is -0.0676. The standard InChI is InChI=1S/C11H16N5O6PS/c1-20-7-6(22-23(19)24)4(2-17)21-10(7)16-3-13-5-8(16)14-11(12)15-9(5)18/h3-4,6-7,10,17,19,24H,2H2,1H3,(H3,12,14,15,18). The van der Waals surface area contributed by atoms with Crippen molar-refractivity contribution in [1.29, 1.82) is 0 Å². The van der Waals surface area contributed by atoms with Gasteiger partial charge in [-0.2, -0.15) is 4.98 Å². The third-order valence-electron chi connectivity index (χ3n) is 3.68. The lowest BCUT2D eigenvalue weighted by atomic mass is 10.1. The Hall–Kier alpha value is -1.27. The zero-order valence-corrected chi connectivity index (χ0v) is 14.2. The number of aromatic amines is 1. The number of aliphatic hydroxyl groups excluding tert-OH is 1. The molecule has 0 spiro atoms. The summed E-state index contributed by atoms with van der Waals surface area (Å²) in [6, 6.07) is 0. The minimum atomic E-state index is -1.99. The number of rotatable bonds is 5. The molecule has 5 atom stereocenters. The summed E-state index contributed by atoms with van der Waals surface area (Å²) >= 11 is 3.83. The van der Waals surface area contributed by atoms with Crippen molar-refractivity contribution in [2.75, 3.05) is 19.5 Å². The Balaban J connectivity index is 2.04. The van der Waals surface area contributed by atoms with E-state index in [0.29, 0.717) is 0 Å². The van der Waals surface area contributed by atoms with E-state index in [1.165, 1.54) is 18.0 Å². The summed E-state index contributed by atoms with van der Waals surface area (Å²) in [5, 5.41) is 9.50. The van der Waals surface area contributed by atoms with Crippen molar-refractivity contribution in [2.45, 2.75) is 24.5 Å². The van der Waals surface area contributed by atoms with Gasteiger partial charge in [-0.15, -0.1) is 0 Å². The maximum atomic E-state index is 11.9. The lowest BCUT2D eigenvalue weighted by molar-refractivity contribution is -0.0583. The molecule has 5 N–H and O–H groups in total. The molecule has 0 aliphatic carbocycles. The number of fused-ring (bicyclic) bond motifs is 1. The highest BCUT2D eigenvalue weighted by Crippen LogP contribution is 2.44. The van der Waals surface area contributed by atoms with Crippen molar-refractivity contribution in [2.24, 2.45) is 0 Å². The van der Waals surface area contributed by atoms with Crippen LogP contribution in [0.25, 0.3) is 11.2 Å². The number of aliphatic hydroxyl groups is 1. The molecular weight excluding hydrogens is 361 g/mol. The molecule has 1 aliphatic heterocycles. The minimum Gasteiger partial charge on any atom is -0.394 e. The zero-order chi connectivity index (χ0) is 17.4. The second-order valence-corrected chi connectivity index (χ2v) is 6.79. The van der Waals surface area contributed by atoms with Crippen LogP contribution in [0.3, 0.4) is 0 Å². The summed E-state index contributed by atoms with van der Waals surface area (Å²) in [6.45, 7) is -0.360. The van der Waals surface area contributed by atoms with Crippen molar-refractivity contribution in [3.05, 3.63) is 16.7 Å². The van der Waals surface area contributed by atoms with E-state index in [2.05, 4.69) is 27.2 Å². The molecule has 2 aromatic rings. The first-order chi connectivity index (χ1) is 11.5. The normalized spacial score (nSPS) is 28.5. The maximum Gasteiger partial charge on any atom is 0.280 e. The van der Waals surface area contributed by atoms with Gasteiger partial charge in [-0.3, -0.25) is 14.3 Å². The number of aromatic nitrogens is 4. The molecule has 3 heterocycles. The Labute approximate surface area is 141 Å². The second kappa shape index (κ2) is 6.92. The van der Waals surface area contributed by atoms with Gasteiger partial charge in [0.1, 0.15) is 18.3 Å². The van der Waals surface area contributed by atoms with E-state index in [1.807, 2.05) is 0 Å². The van der Waals surface area contributed by atoms with Gasteiger partial charge < -0.3 is 29.7 Å². The van der Waals surface area contributed by atoms with Gasteiger partial charge in [-0.05, 0) is 0 Å². The van der Waals surface area contributed by atoms with Crippen LogP contribution >= 0.6 is 19.8 Å². The number of nitrogens with zero attached hydrogens (tertiary/aromatic N) is 3. The van der Waals surface area contributed by atoms with Gasteiger partial charge in [-0.25, -0.2) is 4.98 Å². The highest BCUT2D eigenvalue weighted by atomic mass is 32.7. The van der Waals surface area contributed by atoms with Gasteiger partial charge in [0.25, 0.3) is 5.56 Å². The molecule has 0 aromatic carbocycles. The highest BCUT2D eigenvalue weighted by Gasteiger charge is 2.48. The van der Waals surface area contributed by atoms with Gasteiger partial charge in [0.15, 0.2) is 17.4 Å². The number of nitrogens with one attached hydrogen (secondary N) is 1. The molecule has 2 aromatic heterocycles. The molecule has 3 rings (SSSR count). The van der Waals surface area contributed by atoms with E-state index in [9.17, 15) is 14.8 Å². The predicted octanol–water partition coefficient (Wildman–Crippen LogP) is -0.859. The first kappa shape index (κ1) is 17.5. The van der Waals surface area contributed by atoms with E-state index in [-0.39, 0.29) is 23.7 Å². The predicted molar refractivity (Wildman–Crippen MR) is 87.4 cm³/mol. The van der Waals surface area contributed by atoms with Gasteiger partial charge in [-0.1, -0.05) is 12.2 Å². The molecule has 1 aliphatic rings. The molecular formula is C11H16N5O6PS. The first-order valence-corrected chi connectivity index (χ1v) is 9.19.